The molecular weight excluding hydrogens is 422 g/mol. The van der Waals surface area contributed by atoms with Crippen molar-refractivity contribution in [3.05, 3.63) is 71.0 Å². The third-order valence-corrected chi connectivity index (χ3v) is 6.07. The average molecular weight is 444 g/mol. The topological polar surface area (TPSA) is 103 Å². The van der Waals surface area contributed by atoms with E-state index >= 15 is 0 Å². The summed E-state index contributed by atoms with van der Waals surface area (Å²) >= 11 is 7.30. The van der Waals surface area contributed by atoms with Crippen LogP contribution in [0.2, 0.25) is 5.02 Å². The number of aromatic nitrogens is 3. The molecular formula is C21H22ClN5O2S. The van der Waals surface area contributed by atoms with Crippen LogP contribution < -0.4 is 11.1 Å². The van der Waals surface area contributed by atoms with Crippen molar-refractivity contribution in [1.29, 1.82) is 0 Å². The average Bonchev–Trinajstić information content (AvgIpc) is 3.09. The van der Waals surface area contributed by atoms with Gasteiger partial charge in [-0.05, 0) is 35.7 Å². The van der Waals surface area contributed by atoms with Gasteiger partial charge in [0.1, 0.15) is 5.82 Å². The molecule has 1 aromatic heterocycles. The fraction of sp³-hybridized carbons (Fsp3) is 0.238. The van der Waals surface area contributed by atoms with Crippen molar-refractivity contribution in [3.8, 4) is 5.69 Å². The number of thioether (sulfide) groups is 1. The molecule has 156 valence electrons. The maximum Gasteiger partial charge on any atom is 0.318 e. The Morgan fingerprint density at radius 1 is 1.10 bits per heavy atom. The number of halogens is 1. The monoisotopic (exact) mass is 443 g/mol. The third-order valence-electron chi connectivity index (χ3n) is 4.33. The zero-order chi connectivity index (χ0) is 21.7. The molecule has 30 heavy (non-hydrogen) atoms. The van der Waals surface area contributed by atoms with Crippen molar-refractivity contribution >= 4 is 35.3 Å². The molecule has 0 aliphatic rings. The van der Waals surface area contributed by atoms with E-state index in [2.05, 4.69) is 15.5 Å². The molecule has 1 unspecified atom stereocenters. The second kappa shape index (κ2) is 9.77. The maximum atomic E-state index is 12.5. The van der Waals surface area contributed by atoms with Crippen LogP contribution in [0.25, 0.3) is 5.69 Å². The predicted molar refractivity (Wildman–Crippen MR) is 118 cm³/mol. The number of amides is 3. The third kappa shape index (κ3) is 5.40. The predicted octanol–water partition coefficient (Wildman–Crippen LogP) is 3.82. The highest BCUT2D eigenvalue weighted by Gasteiger charge is 2.28. The standard InChI is InChI=1S/C21H22ClN5O2S/c1-13(2)18(19(28)24-20(23)29)30-21-26-25-17(12-14-6-4-3-5-7-14)27(21)16-10-8-15(22)9-11-16/h3-11,13,18H,12H2,1-2H3,(H3,23,24,28,29). The maximum absolute atomic E-state index is 12.5. The van der Waals surface area contributed by atoms with Gasteiger partial charge in [-0.1, -0.05) is 67.5 Å². The molecule has 0 saturated carbocycles. The van der Waals surface area contributed by atoms with Gasteiger partial charge in [-0.15, -0.1) is 10.2 Å². The van der Waals surface area contributed by atoms with Gasteiger partial charge in [-0.3, -0.25) is 14.7 Å². The van der Waals surface area contributed by atoms with Crippen LogP contribution in [0.5, 0.6) is 0 Å². The minimum Gasteiger partial charge on any atom is -0.351 e. The fourth-order valence-electron chi connectivity index (χ4n) is 2.92. The smallest absolute Gasteiger partial charge is 0.318 e. The molecule has 0 spiro atoms. The van der Waals surface area contributed by atoms with Crippen LogP contribution in [0.15, 0.2) is 59.8 Å². The highest BCUT2D eigenvalue weighted by atomic mass is 35.5. The minimum absolute atomic E-state index is 0.0673. The Hall–Kier alpha value is -2.84. The molecule has 0 saturated heterocycles. The summed E-state index contributed by atoms with van der Waals surface area (Å²) in [5.41, 5.74) is 7.04. The number of rotatable bonds is 7. The van der Waals surface area contributed by atoms with Crippen molar-refractivity contribution in [1.82, 2.24) is 20.1 Å². The first kappa shape index (κ1) is 21.9. The highest BCUT2D eigenvalue weighted by molar-refractivity contribution is 8.00. The van der Waals surface area contributed by atoms with Crippen molar-refractivity contribution in [3.63, 3.8) is 0 Å². The van der Waals surface area contributed by atoms with E-state index in [-0.39, 0.29) is 5.92 Å². The van der Waals surface area contributed by atoms with Gasteiger partial charge in [0, 0.05) is 17.1 Å². The normalized spacial score (nSPS) is 12.0. The Morgan fingerprint density at radius 2 is 1.77 bits per heavy atom. The SMILES string of the molecule is CC(C)C(Sc1nnc(Cc2ccccc2)n1-c1ccc(Cl)cc1)C(=O)NC(N)=O. The lowest BCUT2D eigenvalue weighted by Gasteiger charge is -2.19. The van der Waals surface area contributed by atoms with Gasteiger partial charge < -0.3 is 5.73 Å². The molecule has 0 aliphatic carbocycles. The minimum atomic E-state index is -0.879. The second-order valence-corrected chi connectivity index (χ2v) is 8.55. The molecule has 0 aliphatic heterocycles. The van der Waals surface area contributed by atoms with Crippen LogP contribution in [0.4, 0.5) is 4.79 Å². The van der Waals surface area contributed by atoms with E-state index in [1.54, 1.807) is 12.1 Å². The van der Waals surface area contributed by atoms with Crippen LogP contribution in [0, 0.1) is 5.92 Å². The van der Waals surface area contributed by atoms with E-state index in [4.69, 9.17) is 17.3 Å². The van der Waals surface area contributed by atoms with Crippen LogP contribution in [-0.4, -0.2) is 32.0 Å². The summed E-state index contributed by atoms with van der Waals surface area (Å²) in [6.07, 6.45) is 0.566. The Labute approximate surface area is 184 Å². The Balaban J connectivity index is 1.99. The Morgan fingerprint density at radius 3 is 2.37 bits per heavy atom. The van der Waals surface area contributed by atoms with E-state index < -0.39 is 17.2 Å². The van der Waals surface area contributed by atoms with Crippen LogP contribution in [0.1, 0.15) is 25.2 Å². The zero-order valence-electron chi connectivity index (χ0n) is 16.6. The summed E-state index contributed by atoms with van der Waals surface area (Å²) in [4.78, 5) is 23.6. The largest absolute Gasteiger partial charge is 0.351 e. The second-order valence-electron chi connectivity index (χ2n) is 7.01. The summed E-state index contributed by atoms with van der Waals surface area (Å²) in [7, 11) is 0. The number of carbonyl (C=O) groups is 2. The number of carbonyl (C=O) groups excluding carboxylic acids is 2. The first-order chi connectivity index (χ1) is 14.3. The molecule has 3 aromatic rings. The fourth-order valence-corrected chi connectivity index (χ4v) is 4.11. The van der Waals surface area contributed by atoms with E-state index in [1.165, 1.54) is 11.8 Å². The van der Waals surface area contributed by atoms with Crippen LogP contribution >= 0.6 is 23.4 Å². The first-order valence-electron chi connectivity index (χ1n) is 9.36. The van der Waals surface area contributed by atoms with Crippen LogP contribution in [0.3, 0.4) is 0 Å². The summed E-state index contributed by atoms with van der Waals surface area (Å²) in [6, 6.07) is 16.4. The number of hydrogen-bond donors (Lipinski definition) is 2. The summed E-state index contributed by atoms with van der Waals surface area (Å²) < 4.78 is 1.90. The molecule has 9 heteroatoms. The molecule has 2 aromatic carbocycles. The van der Waals surface area contributed by atoms with Crippen LogP contribution in [-0.2, 0) is 11.2 Å². The molecule has 1 atom stereocenters. The van der Waals surface area contributed by atoms with Gasteiger partial charge >= 0.3 is 6.03 Å². The molecule has 0 radical (unpaired) electrons. The number of nitrogens with one attached hydrogen (secondary N) is 1. The number of hydrogen-bond acceptors (Lipinski definition) is 5. The van der Waals surface area contributed by atoms with E-state index in [1.807, 2.05) is 60.9 Å². The molecule has 3 amide bonds. The van der Waals surface area contributed by atoms with E-state index in [0.29, 0.717) is 16.6 Å². The number of imide groups is 1. The van der Waals surface area contributed by atoms with Gasteiger partial charge in [0.15, 0.2) is 5.16 Å². The molecule has 3 rings (SSSR count). The number of benzene rings is 2. The Bertz CT molecular complexity index is 1020. The quantitative estimate of drug-likeness (QED) is 0.540. The lowest BCUT2D eigenvalue weighted by atomic mass is 10.1. The zero-order valence-corrected chi connectivity index (χ0v) is 18.2. The summed E-state index contributed by atoms with van der Waals surface area (Å²) in [5, 5.41) is 11.5. The lowest BCUT2D eigenvalue weighted by Crippen LogP contribution is -2.42. The summed E-state index contributed by atoms with van der Waals surface area (Å²) in [5.74, 6) is 0.198. The molecule has 0 bridgehead atoms. The molecule has 7 nitrogen and oxygen atoms in total. The van der Waals surface area contributed by atoms with Gasteiger partial charge in [0.2, 0.25) is 5.91 Å². The summed E-state index contributed by atoms with van der Waals surface area (Å²) in [6.45, 7) is 3.79. The Kier molecular flexibility index (Phi) is 7.12. The van der Waals surface area contributed by atoms with Gasteiger partial charge in [0.05, 0.1) is 5.25 Å². The van der Waals surface area contributed by atoms with Gasteiger partial charge in [-0.25, -0.2) is 4.79 Å². The molecule has 1 heterocycles. The molecule has 0 fully saturated rings. The van der Waals surface area contributed by atoms with Crippen molar-refractivity contribution in [2.24, 2.45) is 11.7 Å². The number of urea groups is 1. The van der Waals surface area contributed by atoms with Crippen molar-refractivity contribution < 1.29 is 9.59 Å². The lowest BCUT2D eigenvalue weighted by molar-refractivity contribution is -0.120. The van der Waals surface area contributed by atoms with Gasteiger partial charge in [-0.2, -0.15) is 0 Å². The molecule has 3 N–H and O–H groups in total. The van der Waals surface area contributed by atoms with E-state index in [9.17, 15) is 9.59 Å². The highest BCUT2D eigenvalue weighted by Crippen LogP contribution is 2.30. The first-order valence-corrected chi connectivity index (χ1v) is 10.6. The number of nitrogens with two attached hydrogens (primary N) is 1. The van der Waals surface area contributed by atoms with Crippen molar-refractivity contribution in [2.45, 2.75) is 30.7 Å². The number of primary amides is 1. The number of nitrogens with zero attached hydrogens (tertiary/aromatic N) is 3. The van der Waals surface area contributed by atoms with Gasteiger partial charge in [0.25, 0.3) is 0 Å². The van der Waals surface area contributed by atoms with E-state index in [0.717, 1.165) is 17.1 Å². The van der Waals surface area contributed by atoms with Crippen molar-refractivity contribution in [2.75, 3.05) is 0 Å².